The van der Waals surface area contributed by atoms with Gasteiger partial charge in [-0.25, -0.2) is 0 Å². The Morgan fingerprint density at radius 2 is 1.82 bits per heavy atom. The molecule has 0 saturated carbocycles. The molecule has 0 atom stereocenters. The van der Waals surface area contributed by atoms with E-state index in [-0.39, 0.29) is 5.75 Å². The number of aromatic hydroxyl groups is 1. The van der Waals surface area contributed by atoms with Crippen LogP contribution in [0.15, 0.2) is 42.5 Å². The molecule has 0 heterocycles. The van der Waals surface area contributed by atoms with Crippen LogP contribution >= 0.6 is 0 Å². The lowest BCUT2D eigenvalue weighted by atomic mass is 10.0. The number of methoxy groups -OCH3 is 1. The summed E-state index contributed by atoms with van der Waals surface area (Å²) in [7, 11) is 1.64. The molecule has 17 heavy (non-hydrogen) atoms. The summed E-state index contributed by atoms with van der Waals surface area (Å²) in [5.74, 6) is 1.07. The van der Waals surface area contributed by atoms with E-state index in [1.54, 1.807) is 25.3 Å². The van der Waals surface area contributed by atoms with Crippen LogP contribution in [0.3, 0.4) is 0 Å². The predicted octanol–water partition coefficient (Wildman–Crippen LogP) is 2.57. The monoisotopic (exact) mass is 229 g/mol. The lowest BCUT2D eigenvalue weighted by Crippen LogP contribution is -1.95. The Morgan fingerprint density at radius 1 is 1.12 bits per heavy atom. The lowest BCUT2D eigenvalue weighted by molar-refractivity contribution is 0.414. The van der Waals surface area contributed by atoms with Gasteiger partial charge < -0.3 is 15.6 Å². The minimum absolute atomic E-state index is 0.239. The first-order valence-electron chi connectivity index (χ1n) is 5.39. The van der Waals surface area contributed by atoms with Crippen LogP contribution in [0.25, 0.3) is 0 Å². The molecule has 2 aromatic rings. The average molecular weight is 229 g/mol. The van der Waals surface area contributed by atoms with Crippen LogP contribution in [0.5, 0.6) is 11.5 Å². The third kappa shape index (κ3) is 2.69. The number of anilines is 1. The SMILES string of the molecule is COc1ccc(Cc2cc(O)ccc2N)cc1. The second-order valence-electron chi connectivity index (χ2n) is 3.91. The molecule has 0 fully saturated rings. The van der Waals surface area contributed by atoms with Gasteiger partial charge in [0.25, 0.3) is 0 Å². The van der Waals surface area contributed by atoms with Crippen molar-refractivity contribution in [3.63, 3.8) is 0 Å². The zero-order chi connectivity index (χ0) is 12.3. The van der Waals surface area contributed by atoms with E-state index in [1.807, 2.05) is 24.3 Å². The number of phenolic OH excluding ortho intramolecular Hbond substituents is 1. The molecular weight excluding hydrogens is 214 g/mol. The van der Waals surface area contributed by atoms with Gasteiger partial charge >= 0.3 is 0 Å². The molecule has 0 aliphatic rings. The fourth-order valence-electron chi connectivity index (χ4n) is 1.71. The topological polar surface area (TPSA) is 55.5 Å². The van der Waals surface area contributed by atoms with E-state index < -0.39 is 0 Å². The smallest absolute Gasteiger partial charge is 0.118 e. The van der Waals surface area contributed by atoms with Gasteiger partial charge in [0.2, 0.25) is 0 Å². The molecule has 3 nitrogen and oxygen atoms in total. The van der Waals surface area contributed by atoms with Crippen LogP contribution in [0.4, 0.5) is 5.69 Å². The molecule has 0 bridgehead atoms. The van der Waals surface area contributed by atoms with Gasteiger partial charge in [0.15, 0.2) is 0 Å². The Balaban J connectivity index is 2.22. The van der Waals surface area contributed by atoms with Gasteiger partial charge in [-0.05, 0) is 47.9 Å². The van der Waals surface area contributed by atoms with Crippen LogP contribution in [0.2, 0.25) is 0 Å². The molecule has 0 amide bonds. The van der Waals surface area contributed by atoms with Gasteiger partial charge in [0.05, 0.1) is 7.11 Å². The minimum Gasteiger partial charge on any atom is -0.508 e. The maximum Gasteiger partial charge on any atom is 0.118 e. The molecule has 0 aliphatic heterocycles. The van der Waals surface area contributed by atoms with E-state index in [0.717, 1.165) is 16.9 Å². The minimum atomic E-state index is 0.239. The highest BCUT2D eigenvalue weighted by molar-refractivity contribution is 5.52. The van der Waals surface area contributed by atoms with Crippen LogP contribution in [0, 0.1) is 0 Å². The van der Waals surface area contributed by atoms with Gasteiger partial charge in [-0.15, -0.1) is 0 Å². The fourth-order valence-corrected chi connectivity index (χ4v) is 1.71. The first-order chi connectivity index (χ1) is 8.19. The van der Waals surface area contributed by atoms with E-state index in [4.69, 9.17) is 10.5 Å². The summed E-state index contributed by atoms with van der Waals surface area (Å²) >= 11 is 0. The van der Waals surface area contributed by atoms with Crippen LogP contribution in [-0.2, 0) is 6.42 Å². The van der Waals surface area contributed by atoms with Gasteiger partial charge in [-0.3, -0.25) is 0 Å². The first-order valence-corrected chi connectivity index (χ1v) is 5.39. The van der Waals surface area contributed by atoms with Gasteiger partial charge in [-0.2, -0.15) is 0 Å². The molecule has 0 radical (unpaired) electrons. The molecule has 2 aromatic carbocycles. The summed E-state index contributed by atoms with van der Waals surface area (Å²) in [6.07, 6.45) is 0.699. The summed E-state index contributed by atoms with van der Waals surface area (Å²) in [5.41, 5.74) is 8.60. The molecule has 3 heteroatoms. The van der Waals surface area contributed by atoms with Crippen molar-refractivity contribution >= 4 is 5.69 Å². The number of rotatable bonds is 3. The number of benzene rings is 2. The largest absolute Gasteiger partial charge is 0.508 e. The summed E-state index contributed by atoms with van der Waals surface area (Å²) in [5, 5.41) is 9.42. The molecule has 0 unspecified atom stereocenters. The molecule has 3 N–H and O–H groups in total. The van der Waals surface area contributed by atoms with Crippen LogP contribution in [-0.4, -0.2) is 12.2 Å². The fraction of sp³-hybridized carbons (Fsp3) is 0.143. The molecule has 0 aromatic heterocycles. The van der Waals surface area contributed by atoms with Gasteiger partial charge in [-0.1, -0.05) is 12.1 Å². The van der Waals surface area contributed by atoms with Crippen LogP contribution in [0.1, 0.15) is 11.1 Å². The number of ether oxygens (including phenoxy) is 1. The zero-order valence-corrected chi connectivity index (χ0v) is 9.68. The number of phenols is 1. The Hall–Kier alpha value is -2.16. The molecule has 2 rings (SSSR count). The average Bonchev–Trinajstić information content (AvgIpc) is 2.35. The molecular formula is C14H15NO2. The van der Waals surface area contributed by atoms with E-state index in [2.05, 4.69) is 0 Å². The summed E-state index contributed by atoms with van der Waals surface area (Å²) in [6.45, 7) is 0. The molecule has 0 aliphatic carbocycles. The second-order valence-corrected chi connectivity index (χ2v) is 3.91. The number of hydrogen-bond acceptors (Lipinski definition) is 3. The standard InChI is InChI=1S/C14H15NO2/c1-17-13-5-2-10(3-6-13)8-11-9-12(16)4-7-14(11)15/h2-7,9,16H,8,15H2,1H3. The van der Waals surface area contributed by atoms with E-state index >= 15 is 0 Å². The normalized spacial score (nSPS) is 10.2. The second kappa shape index (κ2) is 4.78. The van der Waals surface area contributed by atoms with Crippen molar-refractivity contribution in [2.24, 2.45) is 0 Å². The first kappa shape index (κ1) is 11.3. The third-order valence-corrected chi connectivity index (χ3v) is 2.68. The van der Waals surface area contributed by atoms with Crippen LogP contribution < -0.4 is 10.5 Å². The van der Waals surface area contributed by atoms with Gasteiger partial charge in [0, 0.05) is 5.69 Å². The number of nitrogens with two attached hydrogens (primary N) is 1. The van der Waals surface area contributed by atoms with E-state index in [0.29, 0.717) is 12.1 Å². The van der Waals surface area contributed by atoms with Crippen molar-refractivity contribution in [1.82, 2.24) is 0 Å². The highest BCUT2D eigenvalue weighted by Crippen LogP contribution is 2.22. The Morgan fingerprint density at radius 3 is 2.47 bits per heavy atom. The number of nitrogen functional groups attached to an aromatic ring is 1. The molecule has 88 valence electrons. The summed E-state index contributed by atoms with van der Waals surface area (Å²) in [6, 6.07) is 12.8. The van der Waals surface area contributed by atoms with E-state index in [9.17, 15) is 5.11 Å². The Bertz CT molecular complexity index is 506. The highest BCUT2D eigenvalue weighted by Gasteiger charge is 2.02. The third-order valence-electron chi connectivity index (χ3n) is 2.68. The summed E-state index contributed by atoms with van der Waals surface area (Å²) in [4.78, 5) is 0. The van der Waals surface area contributed by atoms with Crippen molar-refractivity contribution in [2.75, 3.05) is 12.8 Å². The zero-order valence-electron chi connectivity index (χ0n) is 9.68. The van der Waals surface area contributed by atoms with E-state index in [1.165, 1.54) is 0 Å². The molecule has 0 spiro atoms. The predicted molar refractivity (Wildman–Crippen MR) is 68.3 cm³/mol. The Kier molecular flexibility index (Phi) is 3.19. The van der Waals surface area contributed by atoms with Gasteiger partial charge in [0.1, 0.15) is 11.5 Å². The van der Waals surface area contributed by atoms with Crippen molar-refractivity contribution in [1.29, 1.82) is 0 Å². The molecule has 0 saturated heterocycles. The Labute approximate surface area is 100 Å². The lowest BCUT2D eigenvalue weighted by Gasteiger charge is -2.07. The quantitative estimate of drug-likeness (QED) is 0.628. The van der Waals surface area contributed by atoms with Crippen molar-refractivity contribution in [3.05, 3.63) is 53.6 Å². The summed E-state index contributed by atoms with van der Waals surface area (Å²) < 4.78 is 5.10. The maximum absolute atomic E-state index is 9.42. The number of hydrogen-bond donors (Lipinski definition) is 2. The highest BCUT2D eigenvalue weighted by atomic mass is 16.5. The maximum atomic E-state index is 9.42. The van der Waals surface area contributed by atoms with Crippen molar-refractivity contribution in [3.8, 4) is 11.5 Å². The van der Waals surface area contributed by atoms with Crippen molar-refractivity contribution in [2.45, 2.75) is 6.42 Å². The van der Waals surface area contributed by atoms with Crippen molar-refractivity contribution < 1.29 is 9.84 Å².